The second-order valence-corrected chi connectivity index (χ2v) is 6.57. The first-order chi connectivity index (χ1) is 11.5. The number of benzene rings is 1. The topological polar surface area (TPSA) is 59.6 Å². The highest BCUT2D eigenvalue weighted by molar-refractivity contribution is 8.18. The van der Waals surface area contributed by atoms with Gasteiger partial charge in [-0.15, -0.1) is 0 Å². The smallest absolute Gasteiger partial charge is 0.295 e. The molecule has 0 spiro atoms. The molecule has 126 valence electrons. The van der Waals surface area contributed by atoms with Crippen LogP contribution in [0.3, 0.4) is 0 Å². The Balaban J connectivity index is 2.04. The number of carbonyl (C=O) groups is 1. The third-order valence-electron chi connectivity index (χ3n) is 4.09. The van der Waals surface area contributed by atoms with Gasteiger partial charge in [0.2, 0.25) is 0 Å². The van der Waals surface area contributed by atoms with Crippen LogP contribution in [0.15, 0.2) is 32.9 Å². The number of rotatable bonds is 3. The minimum Gasteiger partial charge on any atom is -0.295 e. The van der Waals surface area contributed by atoms with E-state index in [0.29, 0.717) is 18.0 Å². The highest BCUT2D eigenvalue weighted by Crippen LogP contribution is 2.32. The van der Waals surface area contributed by atoms with Gasteiger partial charge in [0, 0.05) is 27.2 Å². The Hall–Kier alpha value is -2.28. The molecule has 1 amide bonds. The fourth-order valence-electron chi connectivity index (χ4n) is 2.80. The summed E-state index contributed by atoms with van der Waals surface area (Å²) >= 11 is 1.40. The molecule has 0 aliphatic carbocycles. The number of amides is 1. The number of carbonyl (C=O) groups excluding carboxylic acids is 1. The lowest BCUT2D eigenvalue weighted by molar-refractivity contribution is -0.122. The molecule has 3 rings (SSSR count). The molecule has 1 saturated heterocycles. The zero-order valence-corrected chi connectivity index (χ0v) is 15.1. The van der Waals surface area contributed by atoms with E-state index >= 15 is 0 Å². The van der Waals surface area contributed by atoms with Gasteiger partial charge >= 0.3 is 5.69 Å². The van der Waals surface area contributed by atoms with Crippen molar-refractivity contribution in [1.29, 1.82) is 0 Å². The number of likely N-dealkylation sites (N-methyl/N-ethyl adjacent to an activating group) is 1. The van der Waals surface area contributed by atoms with E-state index in [0.717, 1.165) is 21.8 Å². The van der Waals surface area contributed by atoms with E-state index in [1.165, 1.54) is 11.8 Å². The number of aromatic nitrogens is 2. The van der Waals surface area contributed by atoms with Gasteiger partial charge in [0.1, 0.15) is 0 Å². The number of hydrogen-bond donors (Lipinski definition) is 0. The molecular formula is C17H20N4O2S. The summed E-state index contributed by atoms with van der Waals surface area (Å²) in [7, 11) is 3.51. The summed E-state index contributed by atoms with van der Waals surface area (Å²) in [6, 6.07) is 5.77. The van der Waals surface area contributed by atoms with Crippen molar-refractivity contribution in [2.45, 2.75) is 13.8 Å². The summed E-state index contributed by atoms with van der Waals surface area (Å²) in [6.07, 6.45) is 1.87. The first-order valence-corrected chi connectivity index (χ1v) is 8.70. The summed E-state index contributed by atoms with van der Waals surface area (Å²) < 4.78 is 3.23. The third kappa shape index (κ3) is 2.58. The van der Waals surface area contributed by atoms with Crippen molar-refractivity contribution in [3.05, 3.63) is 39.2 Å². The van der Waals surface area contributed by atoms with Gasteiger partial charge in [-0.1, -0.05) is 6.07 Å². The second-order valence-electron chi connectivity index (χ2n) is 5.57. The molecule has 0 unspecified atom stereocenters. The van der Waals surface area contributed by atoms with E-state index in [4.69, 9.17) is 0 Å². The molecule has 0 radical (unpaired) electrons. The van der Waals surface area contributed by atoms with Gasteiger partial charge < -0.3 is 0 Å². The third-order valence-corrected chi connectivity index (χ3v) is 5.14. The Morgan fingerprint density at radius 1 is 1.12 bits per heavy atom. The van der Waals surface area contributed by atoms with Crippen LogP contribution in [0.4, 0.5) is 0 Å². The largest absolute Gasteiger partial charge is 0.328 e. The Labute approximate surface area is 144 Å². The fourth-order valence-corrected chi connectivity index (χ4v) is 3.91. The molecule has 24 heavy (non-hydrogen) atoms. The summed E-state index contributed by atoms with van der Waals surface area (Å²) in [5, 5.41) is 0.754. The maximum atomic E-state index is 12.5. The molecule has 1 aliphatic heterocycles. The quantitative estimate of drug-likeness (QED) is 0.802. The monoisotopic (exact) mass is 344 g/mol. The van der Waals surface area contributed by atoms with Gasteiger partial charge in [0.05, 0.1) is 15.9 Å². The average molecular weight is 344 g/mol. The van der Waals surface area contributed by atoms with Gasteiger partial charge in [-0.3, -0.25) is 23.8 Å². The lowest BCUT2D eigenvalue weighted by Gasteiger charge is -2.11. The maximum absolute atomic E-state index is 12.5. The van der Waals surface area contributed by atoms with Crippen molar-refractivity contribution in [3.63, 3.8) is 0 Å². The van der Waals surface area contributed by atoms with E-state index in [9.17, 15) is 9.59 Å². The molecule has 1 fully saturated rings. The molecule has 0 atom stereocenters. The Morgan fingerprint density at radius 3 is 2.50 bits per heavy atom. The van der Waals surface area contributed by atoms with Gasteiger partial charge in [0.15, 0.2) is 5.17 Å². The predicted octanol–water partition coefficient (Wildman–Crippen LogP) is 2.19. The van der Waals surface area contributed by atoms with Gasteiger partial charge in [0.25, 0.3) is 5.91 Å². The van der Waals surface area contributed by atoms with Crippen molar-refractivity contribution in [2.24, 2.45) is 19.1 Å². The SMILES string of the molecule is CCN=C1S/C(=C/c2ccc3c(c2)n(C)c(=O)n3C)C(=O)N1CC. The van der Waals surface area contributed by atoms with E-state index in [1.54, 1.807) is 28.1 Å². The lowest BCUT2D eigenvalue weighted by Crippen LogP contribution is -2.28. The molecule has 2 aromatic rings. The average Bonchev–Trinajstić information content (AvgIpc) is 2.98. The number of aliphatic imine (C=N–C) groups is 1. The van der Waals surface area contributed by atoms with Crippen molar-refractivity contribution in [3.8, 4) is 0 Å². The van der Waals surface area contributed by atoms with Crippen molar-refractivity contribution < 1.29 is 4.79 Å². The van der Waals surface area contributed by atoms with E-state index < -0.39 is 0 Å². The first kappa shape index (κ1) is 16.6. The predicted molar refractivity (Wildman–Crippen MR) is 99.1 cm³/mol. The Kier molecular flexibility index (Phi) is 4.36. The van der Waals surface area contributed by atoms with Gasteiger partial charge in [-0.25, -0.2) is 4.79 Å². The number of thioether (sulfide) groups is 1. The van der Waals surface area contributed by atoms with Crippen molar-refractivity contribution >= 4 is 39.9 Å². The standard InChI is InChI=1S/C17H20N4O2S/c1-5-18-16-21(6-2)15(22)14(24-16)10-11-7-8-12-13(9-11)20(4)17(23)19(12)3/h7-10H,5-6H2,1-4H3/b14-10+,18-16?. The zero-order chi connectivity index (χ0) is 17.4. The van der Waals surface area contributed by atoms with Crippen LogP contribution < -0.4 is 5.69 Å². The van der Waals surface area contributed by atoms with Crippen LogP contribution in [-0.2, 0) is 18.9 Å². The van der Waals surface area contributed by atoms with Crippen molar-refractivity contribution in [2.75, 3.05) is 13.1 Å². The van der Waals surface area contributed by atoms with Crippen LogP contribution in [0.1, 0.15) is 19.4 Å². The number of aryl methyl sites for hydroxylation is 2. The summed E-state index contributed by atoms with van der Waals surface area (Å²) in [5.41, 5.74) is 2.56. The highest BCUT2D eigenvalue weighted by atomic mass is 32.2. The molecule has 0 bridgehead atoms. The number of imidazole rings is 1. The summed E-state index contributed by atoms with van der Waals surface area (Å²) in [5.74, 6) is -0.0169. The molecule has 6 nitrogen and oxygen atoms in total. The van der Waals surface area contributed by atoms with Gasteiger partial charge in [-0.2, -0.15) is 0 Å². The number of nitrogens with zero attached hydrogens (tertiary/aromatic N) is 4. The summed E-state index contributed by atoms with van der Waals surface area (Å²) in [4.78, 5) is 31.3. The molecule has 0 N–H and O–H groups in total. The minimum atomic E-state index is -0.0596. The van der Waals surface area contributed by atoms with Crippen LogP contribution in [0.2, 0.25) is 0 Å². The Bertz CT molecular complexity index is 936. The molecule has 2 heterocycles. The van der Waals surface area contributed by atoms with E-state index in [1.807, 2.05) is 38.1 Å². The van der Waals surface area contributed by atoms with E-state index in [2.05, 4.69) is 4.99 Å². The first-order valence-electron chi connectivity index (χ1n) is 7.89. The molecule has 7 heteroatoms. The number of hydrogen-bond acceptors (Lipinski definition) is 4. The molecule has 1 aliphatic rings. The van der Waals surface area contributed by atoms with E-state index in [-0.39, 0.29) is 11.6 Å². The molecular weight excluding hydrogens is 324 g/mol. The summed E-state index contributed by atoms with van der Waals surface area (Å²) in [6.45, 7) is 5.15. The minimum absolute atomic E-state index is 0.0169. The normalized spacial score (nSPS) is 18.5. The van der Waals surface area contributed by atoms with Gasteiger partial charge in [-0.05, 0) is 49.4 Å². The Morgan fingerprint density at radius 2 is 1.83 bits per heavy atom. The van der Waals surface area contributed by atoms with Crippen LogP contribution in [-0.4, -0.2) is 38.2 Å². The molecule has 0 saturated carbocycles. The zero-order valence-electron chi connectivity index (χ0n) is 14.2. The van der Waals surface area contributed by atoms with Crippen LogP contribution >= 0.6 is 11.8 Å². The second kappa shape index (κ2) is 6.32. The van der Waals surface area contributed by atoms with Crippen molar-refractivity contribution in [1.82, 2.24) is 14.0 Å². The van der Waals surface area contributed by atoms with Crippen LogP contribution in [0, 0.1) is 0 Å². The number of amidine groups is 1. The fraction of sp³-hybridized carbons (Fsp3) is 0.353. The highest BCUT2D eigenvalue weighted by Gasteiger charge is 2.31. The van der Waals surface area contributed by atoms with Crippen LogP contribution in [0.25, 0.3) is 17.1 Å². The molecule has 1 aromatic carbocycles. The number of fused-ring (bicyclic) bond motifs is 1. The lowest BCUT2D eigenvalue weighted by atomic mass is 10.2. The van der Waals surface area contributed by atoms with Crippen LogP contribution in [0.5, 0.6) is 0 Å². The maximum Gasteiger partial charge on any atom is 0.328 e. The molecule has 1 aromatic heterocycles.